The number of nitro benzene ring substituents is 3. The van der Waals surface area contributed by atoms with Crippen molar-refractivity contribution < 1.29 is 19.2 Å². The smallest absolute Gasteiger partial charge is 0.269 e. The molecule has 74 heavy (non-hydrogen) atoms. The van der Waals surface area contributed by atoms with Gasteiger partial charge in [0.15, 0.2) is 0 Å². The first-order valence-electron chi connectivity index (χ1n) is 22.8. The highest BCUT2D eigenvalue weighted by Gasteiger charge is 2.10. The van der Waals surface area contributed by atoms with E-state index in [-0.39, 0.29) is 66.7 Å². The van der Waals surface area contributed by atoms with Crippen molar-refractivity contribution in [3.8, 4) is 0 Å². The van der Waals surface area contributed by atoms with Crippen LogP contribution in [-0.2, 0) is 0 Å². The standard InChI is InChI=1S/C19H25N5O4.C18H27N5.C7H6FNO2.C5H15N3.4ClH/c1-14-12-16(23(25)26)4-6-18(14)20-8-10-22(3)11-9-21-19-7-5-17(24(27)28)13-15(19)2;1-14-13-16(20)5-8-18(14)22-10-12-23(2)11-9-21-17-6-3-15(19)4-7-17;1-5-4-6(9(10)11)2-3-7(5)8;1-8(4-2-6)5-3-7;;;;/h4-7,12-13,20-21H,8-11H2,1-3H3;3-8,13,21-22H,9-12,19-20H2,1-2H3;2-4H,1H3;2-7H2,1H3;4*1H. The number of rotatable bonds is 23. The Morgan fingerprint density at radius 3 is 1.09 bits per heavy atom. The fourth-order valence-electron chi connectivity index (χ4n) is 6.46. The van der Waals surface area contributed by atoms with Crippen LogP contribution < -0.4 is 44.2 Å². The number of non-ortho nitro benzene ring substituents is 3. The van der Waals surface area contributed by atoms with Gasteiger partial charge in [-0.25, -0.2) is 4.39 Å². The highest BCUT2D eigenvalue weighted by molar-refractivity contribution is 5.86. The Hall–Kier alpha value is -6.01. The van der Waals surface area contributed by atoms with E-state index in [1.807, 2.05) is 70.4 Å². The summed E-state index contributed by atoms with van der Waals surface area (Å²) in [5.74, 6) is -0.421. The van der Waals surface area contributed by atoms with Gasteiger partial charge in [-0.1, -0.05) is 0 Å². The highest BCUT2D eigenvalue weighted by atomic mass is 35.5. The van der Waals surface area contributed by atoms with Gasteiger partial charge in [0.05, 0.1) is 14.8 Å². The Balaban J connectivity index is -0.000000981. The number of aryl methyl sites for hydroxylation is 4. The van der Waals surface area contributed by atoms with Crippen LogP contribution in [0.1, 0.15) is 22.3 Å². The summed E-state index contributed by atoms with van der Waals surface area (Å²) in [7, 11) is 6.15. The quantitative estimate of drug-likeness (QED) is 0.0172. The number of nitrogens with two attached hydrogens (primary N) is 4. The molecule has 25 heteroatoms. The highest BCUT2D eigenvalue weighted by Crippen LogP contribution is 2.23. The molecule has 0 aliphatic carbocycles. The maximum Gasteiger partial charge on any atom is 0.269 e. The van der Waals surface area contributed by atoms with Gasteiger partial charge < -0.3 is 58.9 Å². The second-order valence-corrected chi connectivity index (χ2v) is 16.6. The number of hydrogen-bond donors (Lipinski definition) is 8. The molecule has 5 rings (SSSR count). The van der Waals surface area contributed by atoms with Crippen molar-refractivity contribution in [2.24, 2.45) is 11.5 Å². The van der Waals surface area contributed by atoms with E-state index in [4.69, 9.17) is 22.9 Å². The monoisotopic (exact) mass is 1120 g/mol. The fraction of sp³-hybridized carbons (Fsp3) is 0.388. The molecule has 0 spiro atoms. The lowest BCUT2D eigenvalue weighted by atomic mass is 10.2. The van der Waals surface area contributed by atoms with Crippen LogP contribution in [-0.4, -0.2) is 129 Å². The van der Waals surface area contributed by atoms with Gasteiger partial charge in [0.25, 0.3) is 17.1 Å². The summed E-state index contributed by atoms with van der Waals surface area (Å²) in [6, 6.07) is 26.8. The summed E-state index contributed by atoms with van der Waals surface area (Å²) < 4.78 is 12.5. The van der Waals surface area contributed by atoms with Crippen LogP contribution in [0.4, 0.5) is 55.6 Å². The molecule has 0 atom stereocenters. The molecule has 0 fully saturated rings. The number of nitrogens with zero attached hydrogens (tertiary/aromatic N) is 6. The summed E-state index contributed by atoms with van der Waals surface area (Å²) >= 11 is 0. The lowest BCUT2D eigenvalue weighted by Gasteiger charge is -2.19. The number of halogens is 5. The van der Waals surface area contributed by atoms with Crippen molar-refractivity contribution in [1.29, 1.82) is 0 Å². The van der Waals surface area contributed by atoms with Crippen molar-refractivity contribution in [1.82, 2.24) is 14.7 Å². The summed E-state index contributed by atoms with van der Waals surface area (Å²) in [6.45, 7) is 17.4. The third kappa shape index (κ3) is 29.0. The molecule has 5 aromatic rings. The zero-order valence-corrected chi connectivity index (χ0v) is 46.4. The number of benzene rings is 5. The average molecular weight is 1120 g/mol. The second-order valence-electron chi connectivity index (χ2n) is 16.6. The van der Waals surface area contributed by atoms with E-state index in [0.29, 0.717) is 18.7 Å². The third-order valence-electron chi connectivity index (χ3n) is 10.6. The van der Waals surface area contributed by atoms with Gasteiger partial charge >= 0.3 is 0 Å². The minimum Gasteiger partial charge on any atom is -0.399 e. The Kier molecular flexibility index (Phi) is 38.5. The van der Waals surface area contributed by atoms with E-state index in [9.17, 15) is 34.7 Å². The Morgan fingerprint density at radius 2 is 0.757 bits per heavy atom. The van der Waals surface area contributed by atoms with Gasteiger partial charge in [-0.15, -0.1) is 49.6 Å². The van der Waals surface area contributed by atoms with Gasteiger partial charge in [0.1, 0.15) is 5.82 Å². The average Bonchev–Trinajstić information content (AvgIpc) is 3.30. The number of nitrogens with one attached hydrogen (secondary N) is 4. The number of nitro groups is 3. The minimum atomic E-state index is -0.549. The molecule has 414 valence electrons. The number of nitrogen functional groups attached to an aromatic ring is 2. The van der Waals surface area contributed by atoms with Gasteiger partial charge in [-0.3, -0.25) is 30.3 Å². The largest absolute Gasteiger partial charge is 0.399 e. The molecule has 20 nitrogen and oxygen atoms in total. The van der Waals surface area contributed by atoms with Crippen LogP contribution in [0.5, 0.6) is 0 Å². The van der Waals surface area contributed by atoms with E-state index in [1.165, 1.54) is 30.7 Å². The van der Waals surface area contributed by atoms with Crippen LogP contribution >= 0.6 is 49.6 Å². The van der Waals surface area contributed by atoms with E-state index in [1.54, 1.807) is 24.3 Å². The first kappa shape index (κ1) is 72.2. The maximum absolute atomic E-state index is 12.5. The zero-order valence-electron chi connectivity index (χ0n) is 43.2. The van der Waals surface area contributed by atoms with E-state index >= 15 is 0 Å². The van der Waals surface area contributed by atoms with Crippen molar-refractivity contribution in [2.75, 3.05) is 132 Å². The molecule has 12 N–H and O–H groups in total. The molecule has 0 saturated heterocycles. The van der Waals surface area contributed by atoms with Crippen LogP contribution in [0.3, 0.4) is 0 Å². The Bertz CT molecular complexity index is 2320. The summed E-state index contributed by atoms with van der Waals surface area (Å²) in [5.41, 5.74) is 30.9. The Labute approximate surface area is 459 Å². The number of likely N-dealkylation sites (N-methyl/N-ethyl adjacent to an activating group) is 3. The minimum absolute atomic E-state index is 0. The molecule has 0 saturated carbocycles. The van der Waals surface area contributed by atoms with Crippen molar-refractivity contribution in [3.63, 3.8) is 0 Å². The third-order valence-corrected chi connectivity index (χ3v) is 10.6. The molecule has 0 amide bonds. The predicted octanol–water partition coefficient (Wildman–Crippen LogP) is 8.76. The van der Waals surface area contributed by atoms with Crippen LogP contribution in [0.25, 0.3) is 0 Å². The molecule has 0 bridgehead atoms. The first-order valence-corrected chi connectivity index (χ1v) is 22.8. The van der Waals surface area contributed by atoms with Crippen molar-refractivity contribution in [2.45, 2.75) is 27.7 Å². The van der Waals surface area contributed by atoms with Crippen molar-refractivity contribution in [3.05, 3.63) is 155 Å². The van der Waals surface area contributed by atoms with E-state index in [2.05, 4.69) is 49.9 Å². The van der Waals surface area contributed by atoms with Gasteiger partial charge in [0, 0.05) is 149 Å². The summed E-state index contributed by atoms with van der Waals surface area (Å²) in [6.07, 6.45) is 0. The number of hydrogen-bond acceptors (Lipinski definition) is 17. The Morgan fingerprint density at radius 1 is 0.446 bits per heavy atom. The molecule has 0 heterocycles. The molecular formula is C49H77Cl4FN14O6. The van der Waals surface area contributed by atoms with E-state index < -0.39 is 20.6 Å². The topological polar surface area (TPSA) is 291 Å². The molecule has 0 aliphatic rings. The zero-order chi connectivity index (χ0) is 52.2. The van der Waals surface area contributed by atoms with Gasteiger partial charge in [0.2, 0.25) is 0 Å². The number of anilines is 6. The fourth-order valence-corrected chi connectivity index (χ4v) is 6.46. The van der Waals surface area contributed by atoms with Crippen molar-refractivity contribution >= 4 is 101 Å². The molecule has 0 unspecified atom stereocenters. The molecule has 5 aromatic carbocycles. The lowest BCUT2D eigenvalue weighted by Crippen LogP contribution is -2.30. The van der Waals surface area contributed by atoms with Gasteiger partial charge in [-0.05, 0) is 132 Å². The molecular weight excluding hydrogens is 1040 g/mol. The maximum atomic E-state index is 12.5. The first-order chi connectivity index (χ1) is 33.2. The predicted molar refractivity (Wildman–Crippen MR) is 313 cm³/mol. The summed E-state index contributed by atoms with van der Waals surface area (Å²) in [4.78, 5) is 36.9. The van der Waals surface area contributed by atoms with Crippen LogP contribution in [0, 0.1) is 63.9 Å². The SMILES string of the molecule is CN(CCN)CCN.Cc1cc(N)ccc1NCCN(C)CCNc1ccc(N)cc1.Cc1cc([N+](=O)[O-])ccc1F.Cc1cc([N+](=O)[O-])ccc1NCCN(C)CCNc1ccc([N+](=O)[O-])cc1C.Cl.Cl.Cl.Cl. The summed E-state index contributed by atoms with van der Waals surface area (Å²) in [5, 5.41) is 45.1. The molecule has 0 aliphatic heterocycles. The normalized spacial score (nSPS) is 9.96. The molecule has 0 radical (unpaired) electrons. The van der Waals surface area contributed by atoms with Crippen LogP contribution in [0.2, 0.25) is 0 Å². The molecule has 0 aromatic heterocycles. The lowest BCUT2D eigenvalue weighted by molar-refractivity contribution is -0.385. The van der Waals surface area contributed by atoms with Gasteiger partial charge in [-0.2, -0.15) is 0 Å². The second kappa shape index (κ2) is 39.5. The van der Waals surface area contributed by atoms with E-state index in [0.717, 1.165) is 123 Å². The van der Waals surface area contributed by atoms with Crippen LogP contribution in [0.15, 0.2) is 97.1 Å².